The van der Waals surface area contributed by atoms with Gasteiger partial charge in [0.2, 0.25) is 5.91 Å². The molecule has 0 spiro atoms. The lowest BCUT2D eigenvalue weighted by Gasteiger charge is -2.17. The second-order valence-electron chi connectivity index (χ2n) is 5.29. The lowest BCUT2D eigenvalue weighted by atomic mass is 10.2. The first-order chi connectivity index (χ1) is 9.65. The first kappa shape index (κ1) is 15.4. The summed E-state index contributed by atoms with van der Waals surface area (Å²) in [5, 5.41) is 2.94. The molecule has 1 fully saturated rings. The summed E-state index contributed by atoms with van der Waals surface area (Å²) in [7, 11) is 1.97. The van der Waals surface area contributed by atoms with Crippen molar-refractivity contribution in [3.05, 3.63) is 16.1 Å². The largest absolute Gasteiger partial charge is 0.376 e. The maximum atomic E-state index is 11.8. The van der Waals surface area contributed by atoms with Crippen molar-refractivity contribution in [3.8, 4) is 0 Å². The molecule has 2 rings (SSSR count). The topological polar surface area (TPSA) is 54.5 Å². The van der Waals surface area contributed by atoms with Crippen molar-refractivity contribution in [2.45, 2.75) is 32.3 Å². The smallest absolute Gasteiger partial charge is 0.234 e. The first-order valence-corrected chi connectivity index (χ1v) is 7.99. The lowest BCUT2D eigenvalue weighted by Crippen LogP contribution is -2.39. The zero-order valence-electron chi connectivity index (χ0n) is 12.2. The summed E-state index contributed by atoms with van der Waals surface area (Å²) in [5.41, 5.74) is 2.98. The van der Waals surface area contributed by atoms with E-state index in [1.807, 2.05) is 24.4 Å². The molecule has 0 saturated carbocycles. The van der Waals surface area contributed by atoms with Crippen molar-refractivity contribution >= 4 is 17.2 Å². The van der Waals surface area contributed by atoms with Gasteiger partial charge in [-0.25, -0.2) is 4.98 Å². The fourth-order valence-electron chi connectivity index (χ4n) is 2.27. The van der Waals surface area contributed by atoms with Crippen LogP contribution in [0.25, 0.3) is 0 Å². The summed E-state index contributed by atoms with van der Waals surface area (Å²) in [6.45, 7) is 4.80. The number of rotatable bonds is 7. The molecule has 20 heavy (non-hydrogen) atoms. The summed E-state index contributed by atoms with van der Waals surface area (Å²) >= 11 is 1.68. The molecule has 1 aliphatic heterocycles. The van der Waals surface area contributed by atoms with Crippen molar-refractivity contribution in [1.29, 1.82) is 0 Å². The van der Waals surface area contributed by atoms with E-state index < -0.39 is 0 Å². The number of ether oxygens (including phenoxy) is 1. The van der Waals surface area contributed by atoms with Crippen LogP contribution in [0.2, 0.25) is 0 Å². The third kappa shape index (κ3) is 4.85. The van der Waals surface area contributed by atoms with Gasteiger partial charge in [0, 0.05) is 24.6 Å². The number of hydrogen-bond acceptors (Lipinski definition) is 5. The highest BCUT2D eigenvalue weighted by molar-refractivity contribution is 7.09. The molecule has 1 aliphatic rings. The van der Waals surface area contributed by atoms with E-state index in [-0.39, 0.29) is 12.0 Å². The third-order valence-electron chi connectivity index (χ3n) is 3.53. The Balaban J connectivity index is 1.62. The lowest BCUT2D eigenvalue weighted by molar-refractivity contribution is -0.122. The molecule has 1 amide bonds. The summed E-state index contributed by atoms with van der Waals surface area (Å²) in [6, 6.07) is 0. The standard InChI is InChI=1S/C14H23N3O2S/c1-11-13(20-10-16-11)5-6-17(2)9-14(18)15-8-12-4-3-7-19-12/h10,12H,3-9H2,1-2H3,(H,15,18)/t12-/m0/s1. The van der Waals surface area contributed by atoms with Gasteiger partial charge in [-0.05, 0) is 33.2 Å². The minimum atomic E-state index is 0.0732. The van der Waals surface area contributed by atoms with Gasteiger partial charge in [-0.3, -0.25) is 9.69 Å². The monoisotopic (exact) mass is 297 g/mol. The Morgan fingerprint density at radius 3 is 3.15 bits per heavy atom. The molecule has 0 aromatic carbocycles. The molecule has 1 aromatic rings. The molecule has 0 radical (unpaired) electrons. The van der Waals surface area contributed by atoms with Crippen LogP contribution in [-0.2, 0) is 16.0 Å². The Morgan fingerprint density at radius 1 is 1.65 bits per heavy atom. The van der Waals surface area contributed by atoms with Gasteiger partial charge < -0.3 is 10.1 Å². The van der Waals surface area contributed by atoms with Gasteiger partial charge in [-0.1, -0.05) is 0 Å². The molecule has 0 unspecified atom stereocenters. The predicted molar refractivity (Wildman–Crippen MR) is 80.0 cm³/mol. The number of nitrogens with one attached hydrogen (secondary N) is 1. The van der Waals surface area contributed by atoms with Crippen molar-refractivity contribution in [2.24, 2.45) is 0 Å². The SMILES string of the molecule is Cc1ncsc1CCN(C)CC(=O)NC[C@@H]1CCCO1. The summed E-state index contributed by atoms with van der Waals surface area (Å²) in [6.07, 6.45) is 3.32. The second kappa shape index (κ2) is 7.71. The number of aryl methyl sites for hydroxylation is 1. The van der Waals surface area contributed by atoms with Gasteiger partial charge in [-0.2, -0.15) is 0 Å². The van der Waals surface area contributed by atoms with E-state index in [2.05, 4.69) is 10.3 Å². The van der Waals surface area contributed by atoms with Gasteiger partial charge in [0.15, 0.2) is 0 Å². The number of aromatic nitrogens is 1. The Morgan fingerprint density at radius 2 is 2.50 bits per heavy atom. The highest BCUT2D eigenvalue weighted by Crippen LogP contribution is 2.13. The van der Waals surface area contributed by atoms with E-state index in [0.717, 1.165) is 38.1 Å². The van der Waals surface area contributed by atoms with Crippen molar-refractivity contribution in [2.75, 3.05) is 33.3 Å². The van der Waals surface area contributed by atoms with E-state index in [4.69, 9.17) is 4.74 Å². The van der Waals surface area contributed by atoms with Crippen molar-refractivity contribution in [1.82, 2.24) is 15.2 Å². The number of thiazole rings is 1. The third-order valence-corrected chi connectivity index (χ3v) is 4.52. The molecule has 1 N–H and O–H groups in total. The van der Waals surface area contributed by atoms with Crippen LogP contribution in [0.15, 0.2) is 5.51 Å². The highest BCUT2D eigenvalue weighted by Gasteiger charge is 2.16. The number of carbonyl (C=O) groups excluding carboxylic acids is 1. The molecule has 0 aliphatic carbocycles. The molecular weight excluding hydrogens is 274 g/mol. The molecule has 5 nitrogen and oxygen atoms in total. The molecule has 112 valence electrons. The van der Waals surface area contributed by atoms with Crippen molar-refractivity contribution in [3.63, 3.8) is 0 Å². The zero-order valence-corrected chi connectivity index (χ0v) is 13.0. The van der Waals surface area contributed by atoms with Crippen LogP contribution in [0.1, 0.15) is 23.4 Å². The van der Waals surface area contributed by atoms with E-state index in [9.17, 15) is 4.79 Å². The number of carbonyl (C=O) groups is 1. The highest BCUT2D eigenvalue weighted by atomic mass is 32.1. The second-order valence-corrected chi connectivity index (χ2v) is 6.23. The minimum absolute atomic E-state index is 0.0732. The maximum Gasteiger partial charge on any atom is 0.234 e. The summed E-state index contributed by atoms with van der Waals surface area (Å²) in [5.74, 6) is 0.0732. The van der Waals surface area contributed by atoms with Crippen LogP contribution >= 0.6 is 11.3 Å². The van der Waals surface area contributed by atoms with E-state index in [1.165, 1.54) is 4.88 Å². The molecular formula is C14H23N3O2S. The fraction of sp³-hybridized carbons (Fsp3) is 0.714. The Labute approximate surface area is 124 Å². The van der Waals surface area contributed by atoms with Gasteiger partial charge in [-0.15, -0.1) is 11.3 Å². The Hall–Kier alpha value is -0.980. The molecule has 0 bridgehead atoms. The summed E-state index contributed by atoms with van der Waals surface area (Å²) < 4.78 is 5.48. The maximum absolute atomic E-state index is 11.8. The van der Waals surface area contributed by atoms with Crippen LogP contribution < -0.4 is 5.32 Å². The average Bonchev–Trinajstić information content (AvgIpc) is 3.05. The summed E-state index contributed by atoms with van der Waals surface area (Å²) in [4.78, 5) is 19.4. The Bertz CT molecular complexity index is 430. The minimum Gasteiger partial charge on any atom is -0.376 e. The van der Waals surface area contributed by atoms with Crippen molar-refractivity contribution < 1.29 is 9.53 Å². The molecule has 6 heteroatoms. The molecule has 2 heterocycles. The first-order valence-electron chi connectivity index (χ1n) is 7.11. The van der Waals surface area contributed by atoms with Crippen LogP contribution in [0.4, 0.5) is 0 Å². The van der Waals surface area contributed by atoms with Crippen LogP contribution in [0.3, 0.4) is 0 Å². The Kier molecular flexibility index (Phi) is 5.94. The van der Waals surface area contributed by atoms with Gasteiger partial charge in [0.05, 0.1) is 23.9 Å². The quantitative estimate of drug-likeness (QED) is 0.822. The van der Waals surface area contributed by atoms with E-state index in [0.29, 0.717) is 13.1 Å². The van der Waals surface area contributed by atoms with E-state index >= 15 is 0 Å². The predicted octanol–water partition coefficient (Wildman–Crippen LogP) is 1.22. The molecule has 1 aromatic heterocycles. The molecule has 1 atom stereocenters. The normalized spacial score (nSPS) is 18.6. The van der Waals surface area contributed by atoms with Gasteiger partial charge >= 0.3 is 0 Å². The number of nitrogens with zero attached hydrogens (tertiary/aromatic N) is 2. The average molecular weight is 297 g/mol. The van der Waals surface area contributed by atoms with Crippen LogP contribution in [0.5, 0.6) is 0 Å². The fourth-order valence-corrected chi connectivity index (χ4v) is 3.04. The number of likely N-dealkylation sites (N-methyl/N-ethyl adjacent to an activating group) is 1. The van der Waals surface area contributed by atoms with E-state index in [1.54, 1.807) is 11.3 Å². The van der Waals surface area contributed by atoms with Gasteiger partial charge in [0.25, 0.3) is 0 Å². The van der Waals surface area contributed by atoms with Crippen LogP contribution in [-0.4, -0.2) is 55.2 Å². The zero-order chi connectivity index (χ0) is 14.4. The van der Waals surface area contributed by atoms with Crippen LogP contribution in [0, 0.1) is 6.92 Å². The number of amides is 1. The number of hydrogen-bond donors (Lipinski definition) is 1. The molecule has 1 saturated heterocycles. The van der Waals surface area contributed by atoms with Gasteiger partial charge in [0.1, 0.15) is 0 Å².